The molecule has 0 radical (unpaired) electrons. The number of methoxy groups -OCH3 is 1. The van der Waals surface area contributed by atoms with Crippen molar-refractivity contribution < 1.29 is 18.8 Å². The van der Waals surface area contributed by atoms with E-state index in [0.29, 0.717) is 19.5 Å². The molecule has 1 aromatic heterocycles. The van der Waals surface area contributed by atoms with Gasteiger partial charge in [0.15, 0.2) is 11.6 Å². The van der Waals surface area contributed by atoms with E-state index in [1.165, 1.54) is 13.2 Å². The summed E-state index contributed by atoms with van der Waals surface area (Å²) in [5.41, 5.74) is 1.81. The second kappa shape index (κ2) is 6.68. The first-order valence-corrected chi connectivity index (χ1v) is 7.70. The molecule has 1 aliphatic heterocycles. The molecule has 1 aromatic carbocycles. The fourth-order valence-electron chi connectivity index (χ4n) is 3.10. The van der Waals surface area contributed by atoms with Crippen molar-refractivity contribution in [2.45, 2.75) is 26.0 Å². The SMILES string of the molecule is COc1cc(CN2C[C@@H](Cc3cc(C)no3)[C@@H](O)C2)ccc1F. The van der Waals surface area contributed by atoms with Crippen molar-refractivity contribution in [3.8, 4) is 5.75 Å². The summed E-state index contributed by atoms with van der Waals surface area (Å²) in [6.07, 6.45) is 0.272. The van der Waals surface area contributed by atoms with Crippen molar-refractivity contribution >= 4 is 0 Å². The van der Waals surface area contributed by atoms with Gasteiger partial charge < -0.3 is 14.4 Å². The number of ether oxygens (including phenoxy) is 1. The molecular formula is C17H21FN2O3. The Morgan fingerprint density at radius 1 is 1.39 bits per heavy atom. The summed E-state index contributed by atoms with van der Waals surface area (Å²) >= 11 is 0. The average molecular weight is 320 g/mol. The minimum Gasteiger partial charge on any atom is -0.494 e. The van der Waals surface area contributed by atoms with Gasteiger partial charge in [0, 0.05) is 38.0 Å². The summed E-state index contributed by atoms with van der Waals surface area (Å²) < 4.78 is 23.7. The van der Waals surface area contributed by atoms with Crippen LogP contribution in [0.15, 0.2) is 28.8 Å². The monoisotopic (exact) mass is 320 g/mol. The van der Waals surface area contributed by atoms with Crippen LogP contribution in [-0.4, -0.2) is 41.5 Å². The summed E-state index contributed by atoms with van der Waals surface area (Å²) in [5.74, 6) is 0.800. The lowest BCUT2D eigenvalue weighted by atomic mass is 10.0. The maximum atomic E-state index is 13.5. The number of benzene rings is 1. The van der Waals surface area contributed by atoms with Crippen molar-refractivity contribution in [1.82, 2.24) is 10.1 Å². The van der Waals surface area contributed by atoms with Gasteiger partial charge in [-0.25, -0.2) is 4.39 Å². The topological polar surface area (TPSA) is 58.7 Å². The van der Waals surface area contributed by atoms with E-state index in [9.17, 15) is 9.50 Å². The van der Waals surface area contributed by atoms with Crippen LogP contribution in [0.2, 0.25) is 0 Å². The molecule has 23 heavy (non-hydrogen) atoms. The van der Waals surface area contributed by atoms with E-state index >= 15 is 0 Å². The number of aromatic nitrogens is 1. The number of aliphatic hydroxyl groups is 1. The molecule has 1 saturated heterocycles. The molecule has 6 heteroatoms. The third-order valence-corrected chi connectivity index (χ3v) is 4.24. The molecule has 0 unspecified atom stereocenters. The van der Waals surface area contributed by atoms with Crippen LogP contribution in [-0.2, 0) is 13.0 Å². The first-order valence-electron chi connectivity index (χ1n) is 7.70. The normalized spacial score (nSPS) is 21.7. The van der Waals surface area contributed by atoms with E-state index in [4.69, 9.17) is 9.26 Å². The van der Waals surface area contributed by atoms with Crippen molar-refractivity contribution in [2.24, 2.45) is 5.92 Å². The van der Waals surface area contributed by atoms with E-state index in [1.807, 2.05) is 13.0 Å². The molecule has 2 heterocycles. The second-order valence-corrected chi connectivity index (χ2v) is 6.13. The Hall–Kier alpha value is -1.92. The number of halogens is 1. The van der Waals surface area contributed by atoms with Gasteiger partial charge in [0.2, 0.25) is 0 Å². The Bertz CT molecular complexity index is 674. The molecule has 3 rings (SSSR count). The highest BCUT2D eigenvalue weighted by molar-refractivity contribution is 5.30. The van der Waals surface area contributed by atoms with Crippen LogP contribution in [0.4, 0.5) is 4.39 Å². The van der Waals surface area contributed by atoms with E-state index in [1.54, 1.807) is 12.1 Å². The Morgan fingerprint density at radius 2 is 2.22 bits per heavy atom. The highest BCUT2D eigenvalue weighted by Crippen LogP contribution is 2.25. The summed E-state index contributed by atoms with van der Waals surface area (Å²) in [6.45, 7) is 3.89. The largest absolute Gasteiger partial charge is 0.494 e. The first-order chi connectivity index (χ1) is 11.0. The van der Waals surface area contributed by atoms with Crippen molar-refractivity contribution in [1.29, 1.82) is 0 Å². The summed E-state index contributed by atoms with van der Waals surface area (Å²) in [6, 6.07) is 6.77. The number of β-amino-alcohol motifs (C(OH)–C–C–N with tert-alkyl or cyclic N) is 1. The van der Waals surface area contributed by atoms with Crippen LogP contribution in [0.3, 0.4) is 0 Å². The number of hydrogen-bond donors (Lipinski definition) is 1. The predicted octanol–water partition coefficient (Wildman–Crippen LogP) is 2.17. The van der Waals surface area contributed by atoms with Gasteiger partial charge in [-0.1, -0.05) is 11.2 Å². The maximum absolute atomic E-state index is 13.5. The van der Waals surface area contributed by atoms with E-state index in [2.05, 4.69) is 10.1 Å². The standard InChI is InChI=1S/C17H21FN2O3/c1-11-5-14(23-19-11)7-13-9-20(10-16(13)21)8-12-3-4-15(18)17(6-12)22-2/h3-6,13,16,21H,7-10H2,1-2H3/t13-,16+/m1/s1. The van der Waals surface area contributed by atoms with Gasteiger partial charge in [-0.05, 0) is 24.6 Å². The van der Waals surface area contributed by atoms with Gasteiger partial charge in [0.05, 0.1) is 18.9 Å². The Morgan fingerprint density at radius 3 is 2.91 bits per heavy atom. The van der Waals surface area contributed by atoms with Crippen LogP contribution >= 0.6 is 0 Å². The molecule has 0 bridgehead atoms. The van der Waals surface area contributed by atoms with Crippen LogP contribution in [0, 0.1) is 18.7 Å². The first kappa shape index (κ1) is 16.0. The van der Waals surface area contributed by atoms with Crippen molar-refractivity contribution in [3.63, 3.8) is 0 Å². The molecule has 1 fully saturated rings. The van der Waals surface area contributed by atoms with E-state index < -0.39 is 6.10 Å². The van der Waals surface area contributed by atoms with Gasteiger partial charge >= 0.3 is 0 Å². The molecule has 2 aromatic rings. The smallest absolute Gasteiger partial charge is 0.165 e. The van der Waals surface area contributed by atoms with E-state index in [-0.39, 0.29) is 17.5 Å². The molecule has 1 N–H and O–H groups in total. The zero-order valence-corrected chi connectivity index (χ0v) is 13.3. The lowest BCUT2D eigenvalue weighted by Gasteiger charge is -2.16. The van der Waals surface area contributed by atoms with Crippen molar-refractivity contribution in [2.75, 3.05) is 20.2 Å². The van der Waals surface area contributed by atoms with Crippen LogP contribution in [0.5, 0.6) is 5.75 Å². The van der Waals surface area contributed by atoms with Gasteiger partial charge in [-0.2, -0.15) is 0 Å². The zero-order chi connectivity index (χ0) is 16.4. The minimum atomic E-state index is -0.400. The molecule has 0 aliphatic carbocycles. The highest BCUT2D eigenvalue weighted by atomic mass is 19.1. The molecule has 5 nitrogen and oxygen atoms in total. The van der Waals surface area contributed by atoms with E-state index in [0.717, 1.165) is 23.6 Å². The predicted molar refractivity (Wildman–Crippen MR) is 82.7 cm³/mol. The summed E-state index contributed by atoms with van der Waals surface area (Å²) in [5, 5.41) is 14.1. The van der Waals surface area contributed by atoms with Gasteiger partial charge in [-0.15, -0.1) is 0 Å². The summed E-state index contributed by atoms with van der Waals surface area (Å²) in [4.78, 5) is 2.16. The molecule has 1 aliphatic rings. The lowest BCUT2D eigenvalue weighted by molar-refractivity contribution is 0.137. The number of rotatable bonds is 5. The van der Waals surface area contributed by atoms with Gasteiger partial charge in [0.1, 0.15) is 5.76 Å². The summed E-state index contributed by atoms with van der Waals surface area (Å²) in [7, 11) is 1.46. The molecule has 0 amide bonds. The Balaban J connectivity index is 1.62. The van der Waals surface area contributed by atoms with Crippen LogP contribution in [0.1, 0.15) is 17.0 Å². The lowest BCUT2D eigenvalue weighted by Crippen LogP contribution is -2.21. The number of likely N-dealkylation sites (tertiary alicyclic amines) is 1. The zero-order valence-electron chi connectivity index (χ0n) is 13.3. The number of hydrogen-bond acceptors (Lipinski definition) is 5. The Kier molecular flexibility index (Phi) is 4.63. The van der Waals surface area contributed by atoms with Gasteiger partial charge in [0.25, 0.3) is 0 Å². The minimum absolute atomic E-state index is 0.115. The number of aliphatic hydroxyl groups excluding tert-OH is 1. The fourth-order valence-corrected chi connectivity index (χ4v) is 3.10. The molecule has 0 spiro atoms. The third kappa shape index (κ3) is 3.71. The molecular weight excluding hydrogens is 299 g/mol. The highest BCUT2D eigenvalue weighted by Gasteiger charge is 2.32. The Labute approximate surface area is 134 Å². The number of nitrogens with zero attached hydrogens (tertiary/aromatic N) is 2. The van der Waals surface area contributed by atoms with Crippen molar-refractivity contribution in [3.05, 3.63) is 47.1 Å². The molecule has 2 atom stereocenters. The molecule has 0 saturated carbocycles. The quantitative estimate of drug-likeness (QED) is 0.915. The maximum Gasteiger partial charge on any atom is 0.165 e. The third-order valence-electron chi connectivity index (χ3n) is 4.24. The van der Waals surface area contributed by atoms with Crippen LogP contribution in [0.25, 0.3) is 0 Å². The van der Waals surface area contributed by atoms with Gasteiger partial charge in [-0.3, -0.25) is 4.90 Å². The molecule has 124 valence electrons. The average Bonchev–Trinajstić information content (AvgIpc) is 3.07. The number of aryl methyl sites for hydroxylation is 1. The van der Waals surface area contributed by atoms with Crippen LogP contribution < -0.4 is 4.74 Å². The second-order valence-electron chi connectivity index (χ2n) is 6.13. The fraction of sp³-hybridized carbons (Fsp3) is 0.471.